The van der Waals surface area contributed by atoms with Crippen molar-refractivity contribution in [3.05, 3.63) is 30.1 Å². The highest BCUT2D eigenvalue weighted by molar-refractivity contribution is 5.97. The molecule has 6 heteroatoms. The Balaban J connectivity index is 2.72. The minimum absolute atomic E-state index is 0.179. The predicted octanol–water partition coefficient (Wildman–Crippen LogP) is 0.477. The lowest BCUT2D eigenvalue weighted by molar-refractivity contribution is -0.139. The van der Waals surface area contributed by atoms with Gasteiger partial charge in [0.25, 0.3) is 5.91 Å². The highest BCUT2D eigenvalue weighted by atomic mass is 16.4. The summed E-state index contributed by atoms with van der Waals surface area (Å²) in [5.41, 5.74) is 0.940. The van der Waals surface area contributed by atoms with E-state index >= 15 is 0 Å². The summed E-state index contributed by atoms with van der Waals surface area (Å²) in [6.45, 7) is 5.12. The van der Waals surface area contributed by atoms with Crippen LogP contribution in [-0.4, -0.2) is 33.2 Å². The Bertz CT molecular complexity index is 411. The molecule has 3 N–H and O–H groups in total. The molecule has 1 unspecified atom stereocenters. The molecule has 0 saturated carbocycles. The van der Waals surface area contributed by atoms with Gasteiger partial charge in [-0.2, -0.15) is 5.10 Å². The Morgan fingerprint density at radius 2 is 2.44 bits per heavy atom. The summed E-state index contributed by atoms with van der Waals surface area (Å²) in [4.78, 5) is 22.4. The minimum Gasteiger partial charge on any atom is -0.480 e. The molecule has 0 saturated heterocycles. The zero-order chi connectivity index (χ0) is 12.1. The fourth-order valence-electron chi connectivity index (χ4n) is 1.20. The third-order valence-electron chi connectivity index (χ3n) is 2.08. The fraction of sp³-hybridized carbons (Fsp3) is 0.300. The normalized spacial score (nSPS) is 11.8. The Hall–Kier alpha value is -2.11. The van der Waals surface area contributed by atoms with Gasteiger partial charge in [-0.3, -0.25) is 9.89 Å². The SMILES string of the molecule is C=CCC(NC(=O)c1cn[nH]c1C)C(=O)O. The van der Waals surface area contributed by atoms with Gasteiger partial charge in [-0.15, -0.1) is 6.58 Å². The van der Waals surface area contributed by atoms with Crippen LogP contribution in [0.4, 0.5) is 0 Å². The van der Waals surface area contributed by atoms with Crippen molar-refractivity contribution in [2.45, 2.75) is 19.4 Å². The van der Waals surface area contributed by atoms with Crippen LogP contribution < -0.4 is 5.32 Å². The van der Waals surface area contributed by atoms with E-state index < -0.39 is 17.9 Å². The number of carboxylic acid groups (broad SMARTS) is 1. The topological polar surface area (TPSA) is 95.1 Å². The zero-order valence-corrected chi connectivity index (χ0v) is 8.86. The van der Waals surface area contributed by atoms with Crippen molar-refractivity contribution in [1.82, 2.24) is 15.5 Å². The van der Waals surface area contributed by atoms with Crippen molar-refractivity contribution in [2.75, 3.05) is 0 Å². The average Bonchev–Trinajstić information content (AvgIpc) is 2.63. The molecular weight excluding hydrogens is 210 g/mol. The molecule has 1 aromatic heterocycles. The number of hydrogen-bond donors (Lipinski definition) is 3. The largest absolute Gasteiger partial charge is 0.480 e. The molecule has 0 radical (unpaired) electrons. The van der Waals surface area contributed by atoms with Gasteiger partial charge in [-0.1, -0.05) is 6.08 Å². The molecule has 86 valence electrons. The molecule has 0 bridgehead atoms. The molecule has 16 heavy (non-hydrogen) atoms. The van der Waals surface area contributed by atoms with Crippen molar-refractivity contribution >= 4 is 11.9 Å². The van der Waals surface area contributed by atoms with E-state index in [1.165, 1.54) is 12.3 Å². The summed E-state index contributed by atoms with van der Waals surface area (Å²) >= 11 is 0. The second-order valence-corrected chi connectivity index (χ2v) is 3.30. The molecule has 0 aliphatic carbocycles. The molecule has 0 aliphatic heterocycles. The number of aryl methyl sites for hydroxylation is 1. The number of amides is 1. The van der Waals surface area contributed by atoms with Gasteiger partial charge in [-0.05, 0) is 13.3 Å². The van der Waals surface area contributed by atoms with E-state index in [4.69, 9.17) is 5.11 Å². The second-order valence-electron chi connectivity index (χ2n) is 3.30. The summed E-state index contributed by atoms with van der Waals surface area (Å²) in [6, 6.07) is -0.959. The van der Waals surface area contributed by atoms with Crippen molar-refractivity contribution in [3.8, 4) is 0 Å². The van der Waals surface area contributed by atoms with E-state index in [0.717, 1.165) is 0 Å². The summed E-state index contributed by atoms with van der Waals surface area (Å²) in [7, 11) is 0. The Morgan fingerprint density at radius 3 is 2.88 bits per heavy atom. The lowest BCUT2D eigenvalue weighted by Gasteiger charge is -2.11. The lowest BCUT2D eigenvalue weighted by Crippen LogP contribution is -2.40. The number of nitrogens with one attached hydrogen (secondary N) is 2. The molecule has 0 aliphatic rings. The Kier molecular flexibility index (Phi) is 3.82. The van der Waals surface area contributed by atoms with Crippen LogP contribution in [0, 0.1) is 6.92 Å². The number of carbonyl (C=O) groups is 2. The number of carboxylic acids is 1. The number of nitrogens with zero attached hydrogens (tertiary/aromatic N) is 1. The second kappa shape index (κ2) is 5.11. The Morgan fingerprint density at radius 1 is 1.75 bits per heavy atom. The van der Waals surface area contributed by atoms with Crippen molar-refractivity contribution < 1.29 is 14.7 Å². The molecule has 0 spiro atoms. The number of aromatic nitrogens is 2. The number of hydrogen-bond acceptors (Lipinski definition) is 3. The number of aromatic amines is 1. The molecule has 0 aromatic carbocycles. The molecule has 1 amide bonds. The molecule has 1 rings (SSSR count). The van der Waals surface area contributed by atoms with Crippen molar-refractivity contribution in [2.24, 2.45) is 0 Å². The van der Waals surface area contributed by atoms with Gasteiger partial charge in [0.2, 0.25) is 0 Å². The Labute approximate surface area is 92.4 Å². The van der Waals surface area contributed by atoms with Gasteiger partial charge in [0.1, 0.15) is 6.04 Å². The maximum Gasteiger partial charge on any atom is 0.326 e. The zero-order valence-electron chi connectivity index (χ0n) is 8.86. The molecule has 1 atom stereocenters. The fourth-order valence-corrected chi connectivity index (χ4v) is 1.20. The first-order valence-corrected chi connectivity index (χ1v) is 4.70. The average molecular weight is 223 g/mol. The number of carbonyl (C=O) groups excluding carboxylic acids is 1. The summed E-state index contributed by atoms with van der Waals surface area (Å²) in [6.07, 6.45) is 2.98. The lowest BCUT2D eigenvalue weighted by atomic mass is 10.2. The number of H-pyrrole nitrogens is 1. The minimum atomic E-state index is -1.09. The van der Waals surface area contributed by atoms with E-state index in [0.29, 0.717) is 11.3 Å². The van der Waals surface area contributed by atoms with E-state index in [2.05, 4.69) is 22.1 Å². The van der Waals surface area contributed by atoms with Crippen LogP contribution in [0.1, 0.15) is 22.5 Å². The molecule has 1 aromatic rings. The van der Waals surface area contributed by atoms with Gasteiger partial charge >= 0.3 is 5.97 Å². The van der Waals surface area contributed by atoms with Crippen LogP contribution in [0.2, 0.25) is 0 Å². The summed E-state index contributed by atoms with van der Waals surface area (Å²) in [5, 5.41) is 17.5. The van der Waals surface area contributed by atoms with Crippen LogP contribution in [0.25, 0.3) is 0 Å². The molecule has 0 fully saturated rings. The van der Waals surface area contributed by atoms with Crippen LogP contribution in [0.5, 0.6) is 0 Å². The van der Waals surface area contributed by atoms with Gasteiger partial charge in [0, 0.05) is 5.69 Å². The van der Waals surface area contributed by atoms with Gasteiger partial charge in [-0.25, -0.2) is 4.79 Å². The van der Waals surface area contributed by atoms with Crippen LogP contribution in [-0.2, 0) is 4.79 Å². The first-order valence-electron chi connectivity index (χ1n) is 4.70. The predicted molar refractivity (Wildman–Crippen MR) is 57.0 cm³/mol. The van der Waals surface area contributed by atoms with Gasteiger partial charge < -0.3 is 10.4 Å². The van der Waals surface area contributed by atoms with E-state index in [9.17, 15) is 9.59 Å². The van der Waals surface area contributed by atoms with E-state index in [1.807, 2.05) is 0 Å². The maximum absolute atomic E-state index is 11.6. The van der Waals surface area contributed by atoms with Crippen molar-refractivity contribution in [1.29, 1.82) is 0 Å². The highest BCUT2D eigenvalue weighted by Crippen LogP contribution is 2.03. The van der Waals surface area contributed by atoms with Gasteiger partial charge in [0.15, 0.2) is 0 Å². The summed E-state index contributed by atoms with van der Waals surface area (Å²) in [5.74, 6) is -1.55. The first kappa shape index (κ1) is 12.0. The third-order valence-corrected chi connectivity index (χ3v) is 2.08. The highest BCUT2D eigenvalue weighted by Gasteiger charge is 2.20. The monoisotopic (exact) mass is 223 g/mol. The maximum atomic E-state index is 11.6. The van der Waals surface area contributed by atoms with Crippen LogP contribution in [0.15, 0.2) is 18.9 Å². The third kappa shape index (κ3) is 2.69. The van der Waals surface area contributed by atoms with Crippen LogP contribution >= 0.6 is 0 Å². The quantitative estimate of drug-likeness (QED) is 0.632. The number of aliphatic carboxylic acids is 1. The standard InChI is InChI=1S/C10H13N3O3/c1-3-4-8(10(15)16)12-9(14)7-5-11-13-6(7)2/h3,5,8H,1,4H2,2H3,(H,11,13)(H,12,14)(H,15,16). The first-order chi connectivity index (χ1) is 7.56. The van der Waals surface area contributed by atoms with Crippen molar-refractivity contribution in [3.63, 3.8) is 0 Å². The molecule has 6 nitrogen and oxygen atoms in total. The molecular formula is C10H13N3O3. The molecule has 1 heterocycles. The summed E-state index contributed by atoms with van der Waals surface area (Å²) < 4.78 is 0. The smallest absolute Gasteiger partial charge is 0.326 e. The van der Waals surface area contributed by atoms with E-state index in [-0.39, 0.29) is 6.42 Å². The number of rotatable bonds is 5. The van der Waals surface area contributed by atoms with Crippen LogP contribution in [0.3, 0.4) is 0 Å². The van der Waals surface area contributed by atoms with E-state index in [1.54, 1.807) is 6.92 Å². The van der Waals surface area contributed by atoms with Gasteiger partial charge in [0.05, 0.1) is 11.8 Å².